The summed E-state index contributed by atoms with van der Waals surface area (Å²) in [6.45, 7) is 9.47. The zero-order valence-corrected chi connectivity index (χ0v) is 31.8. The Bertz CT molecular complexity index is 2370. The minimum Gasteiger partial charge on any atom is -0.367 e. The Morgan fingerprint density at radius 2 is 1.43 bits per heavy atom. The Morgan fingerprint density at radius 1 is 0.685 bits per heavy atom. The number of hydrogen-bond donors (Lipinski definition) is 1. The van der Waals surface area contributed by atoms with Crippen molar-refractivity contribution >= 4 is 17.1 Å². The number of aromatic nitrogens is 1. The Morgan fingerprint density at radius 3 is 2.20 bits per heavy atom. The van der Waals surface area contributed by atoms with Gasteiger partial charge in [0.15, 0.2) is 0 Å². The molecule has 1 aliphatic heterocycles. The number of anilines is 3. The molecule has 0 fully saturated rings. The predicted octanol–water partition coefficient (Wildman–Crippen LogP) is 12.8. The van der Waals surface area contributed by atoms with Gasteiger partial charge in [0.05, 0.1) is 12.1 Å². The van der Waals surface area contributed by atoms with Crippen molar-refractivity contribution in [3.05, 3.63) is 186 Å². The normalized spacial score (nSPS) is 25.7. The third-order valence-electron chi connectivity index (χ3n) is 13.1. The number of hydrogen-bond acceptors (Lipinski definition) is 2. The predicted molar refractivity (Wildman–Crippen MR) is 225 cm³/mol. The van der Waals surface area contributed by atoms with Crippen LogP contribution in [0.4, 0.5) is 17.1 Å². The second-order valence-electron chi connectivity index (χ2n) is 16.8. The highest BCUT2D eigenvalue weighted by Crippen LogP contribution is 2.52. The highest BCUT2D eigenvalue weighted by Gasteiger charge is 2.45. The maximum Gasteiger partial charge on any atom is 0.0546 e. The lowest BCUT2D eigenvalue weighted by Gasteiger charge is -2.41. The van der Waals surface area contributed by atoms with Gasteiger partial charge < -0.3 is 14.8 Å². The van der Waals surface area contributed by atoms with Crippen LogP contribution in [0, 0.1) is 17.8 Å². The van der Waals surface area contributed by atoms with E-state index in [0.717, 1.165) is 18.5 Å². The number of aromatic amines is 1. The van der Waals surface area contributed by atoms with E-state index in [4.69, 9.17) is 0 Å². The second kappa shape index (κ2) is 12.8. The molecule has 6 atom stereocenters. The molecule has 1 N–H and O–H groups in total. The van der Waals surface area contributed by atoms with Gasteiger partial charge in [-0.3, -0.25) is 0 Å². The van der Waals surface area contributed by atoms with Gasteiger partial charge in [0, 0.05) is 52.4 Å². The molecule has 268 valence electrons. The van der Waals surface area contributed by atoms with Crippen LogP contribution in [0.15, 0.2) is 169 Å². The maximum absolute atomic E-state index is 3.21. The molecule has 3 nitrogen and oxygen atoms in total. The monoisotopic (exact) mass is 703 g/mol. The molecule has 1 aromatic heterocycles. The zero-order valence-electron chi connectivity index (χ0n) is 31.8. The number of nitrogens with one attached hydrogen (secondary N) is 1. The van der Waals surface area contributed by atoms with E-state index in [2.05, 4.69) is 194 Å². The van der Waals surface area contributed by atoms with E-state index in [9.17, 15) is 0 Å². The maximum atomic E-state index is 3.21. The summed E-state index contributed by atoms with van der Waals surface area (Å²) in [7, 11) is 0. The van der Waals surface area contributed by atoms with E-state index in [1.807, 2.05) is 6.20 Å². The van der Waals surface area contributed by atoms with Crippen LogP contribution in [0.5, 0.6) is 0 Å². The number of rotatable bonds is 6. The van der Waals surface area contributed by atoms with Gasteiger partial charge in [0.2, 0.25) is 0 Å². The third kappa shape index (κ3) is 5.31. The number of fused-ring (bicyclic) bond motifs is 5. The number of H-pyrrole nitrogens is 1. The minimum atomic E-state index is -0.0700. The molecule has 6 unspecified atom stereocenters. The van der Waals surface area contributed by atoms with Gasteiger partial charge in [-0.25, -0.2) is 0 Å². The molecule has 54 heavy (non-hydrogen) atoms. The standard InChI is InChI=1S/C51H49N3/c1-33-13-24-44-45-30-37(18-26-49(45)54(50(44)29-33)48-12-8-5-9-34(48)2)35-14-19-39(20-15-35)53(40-21-16-36(17-22-40)38-27-28-52-32-38)41-23-25-43-42-10-6-7-11-46(42)51(3,4)47(43)31-41/h5-28,31-34,37,45,48-49,52H,29-30H2,1-4H3. The Balaban J connectivity index is 0.994. The number of nitrogens with zero attached hydrogens (tertiary/aromatic N) is 2. The third-order valence-corrected chi connectivity index (χ3v) is 13.1. The first kappa shape index (κ1) is 33.1. The fraction of sp³-hybridized carbons (Fsp3) is 0.255. The van der Waals surface area contributed by atoms with Gasteiger partial charge >= 0.3 is 0 Å². The lowest BCUT2D eigenvalue weighted by Crippen LogP contribution is -2.44. The molecule has 3 heteroatoms. The van der Waals surface area contributed by atoms with Gasteiger partial charge in [-0.05, 0) is 112 Å². The molecule has 0 bridgehead atoms. The van der Waals surface area contributed by atoms with E-state index in [1.54, 1.807) is 11.3 Å². The van der Waals surface area contributed by atoms with E-state index < -0.39 is 0 Å². The van der Waals surface area contributed by atoms with E-state index in [1.165, 1.54) is 50.3 Å². The molecule has 4 aliphatic carbocycles. The molecule has 5 aromatic rings. The molecule has 0 amide bonds. The molecular weight excluding hydrogens is 655 g/mol. The highest BCUT2D eigenvalue weighted by atomic mass is 15.2. The summed E-state index contributed by atoms with van der Waals surface area (Å²) in [5, 5.41) is 0. The van der Waals surface area contributed by atoms with E-state index >= 15 is 0 Å². The van der Waals surface area contributed by atoms with Gasteiger partial charge in [-0.2, -0.15) is 0 Å². The Kier molecular flexibility index (Phi) is 7.84. The summed E-state index contributed by atoms with van der Waals surface area (Å²) in [5.41, 5.74) is 15.9. The molecule has 10 rings (SSSR count). The van der Waals surface area contributed by atoms with Crippen LogP contribution in [0.2, 0.25) is 0 Å². The van der Waals surface area contributed by atoms with Crippen LogP contribution in [-0.2, 0) is 5.41 Å². The average Bonchev–Trinajstić information content (AvgIpc) is 3.90. The van der Waals surface area contributed by atoms with Gasteiger partial charge in [0.1, 0.15) is 0 Å². The highest BCUT2D eigenvalue weighted by molar-refractivity contribution is 5.86. The summed E-state index contributed by atoms with van der Waals surface area (Å²) >= 11 is 0. The van der Waals surface area contributed by atoms with Crippen LogP contribution < -0.4 is 4.90 Å². The van der Waals surface area contributed by atoms with Crippen LogP contribution in [0.1, 0.15) is 63.1 Å². The molecule has 2 heterocycles. The van der Waals surface area contributed by atoms with Crippen molar-refractivity contribution in [2.75, 3.05) is 4.90 Å². The lowest BCUT2D eigenvalue weighted by atomic mass is 9.76. The zero-order chi connectivity index (χ0) is 36.6. The van der Waals surface area contributed by atoms with Crippen molar-refractivity contribution in [2.24, 2.45) is 17.8 Å². The molecule has 5 aliphatic rings. The van der Waals surface area contributed by atoms with Gasteiger partial charge in [-0.15, -0.1) is 0 Å². The Hall–Kier alpha value is -5.54. The fourth-order valence-corrected chi connectivity index (χ4v) is 10.2. The first-order valence-electron chi connectivity index (χ1n) is 20.0. The summed E-state index contributed by atoms with van der Waals surface area (Å²) in [6.07, 6.45) is 25.6. The second-order valence-corrected chi connectivity index (χ2v) is 16.8. The molecule has 0 saturated carbocycles. The average molecular weight is 704 g/mol. The lowest BCUT2D eigenvalue weighted by molar-refractivity contribution is 0.192. The molecule has 0 spiro atoms. The smallest absolute Gasteiger partial charge is 0.0546 e. The Labute approximate surface area is 320 Å². The number of allylic oxidation sites excluding steroid dienone is 6. The van der Waals surface area contributed by atoms with Crippen molar-refractivity contribution in [3.8, 4) is 22.3 Å². The van der Waals surface area contributed by atoms with Crippen molar-refractivity contribution in [1.82, 2.24) is 9.88 Å². The van der Waals surface area contributed by atoms with E-state index in [-0.39, 0.29) is 5.41 Å². The van der Waals surface area contributed by atoms with Crippen LogP contribution >= 0.6 is 0 Å². The quantitative estimate of drug-likeness (QED) is 0.178. The molecule has 4 aromatic carbocycles. The summed E-state index contributed by atoms with van der Waals surface area (Å²) in [4.78, 5) is 8.43. The largest absolute Gasteiger partial charge is 0.367 e. The van der Waals surface area contributed by atoms with E-state index in [0.29, 0.717) is 35.8 Å². The fourth-order valence-electron chi connectivity index (χ4n) is 10.2. The topological polar surface area (TPSA) is 22.3 Å². The van der Waals surface area contributed by atoms with Crippen molar-refractivity contribution in [2.45, 2.75) is 64.0 Å². The first-order valence-corrected chi connectivity index (χ1v) is 20.0. The van der Waals surface area contributed by atoms with Crippen LogP contribution in [-0.4, -0.2) is 22.0 Å². The van der Waals surface area contributed by atoms with Gasteiger partial charge in [0.25, 0.3) is 0 Å². The summed E-state index contributed by atoms with van der Waals surface area (Å²) in [5.74, 6) is 1.98. The van der Waals surface area contributed by atoms with Crippen molar-refractivity contribution < 1.29 is 0 Å². The van der Waals surface area contributed by atoms with Crippen LogP contribution in [0.25, 0.3) is 22.3 Å². The summed E-state index contributed by atoms with van der Waals surface area (Å²) in [6, 6.07) is 37.4. The molecule has 0 radical (unpaired) electrons. The van der Waals surface area contributed by atoms with Crippen molar-refractivity contribution in [1.29, 1.82) is 0 Å². The first-order chi connectivity index (χ1) is 26.3. The van der Waals surface area contributed by atoms with Crippen LogP contribution in [0.3, 0.4) is 0 Å². The van der Waals surface area contributed by atoms with Crippen molar-refractivity contribution in [3.63, 3.8) is 0 Å². The summed E-state index contributed by atoms with van der Waals surface area (Å²) < 4.78 is 0. The SMILES string of the molecule is CC1C=CC2=C(C1)N(C1C=CC=CC1C)C1C=CC(c3ccc(N(c4ccc(-c5cc[nH]c5)cc4)c4ccc5c(c4)C(C)(C)c4ccccc4-5)cc3)CC21. The number of benzene rings is 4. The van der Waals surface area contributed by atoms with Gasteiger partial charge in [-0.1, -0.05) is 131 Å². The minimum absolute atomic E-state index is 0.0700. The molecule has 0 saturated heterocycles. The molecular formula is C51H49N3.